The number of nitrogens with zero attached hydrogens (tertiary/aromatic N) is 1. The molecule has 0 bridgehead atoms. The van der Waals surface area contributed by atoms with E-state index in [4.69, 9.17) is 4.74 Å². The van der Waals surface area contributed by atoms with Gasteiger partial charge in [-0.15, -0.1) is 0 Å². The van der Waals surface area contributed by atoms with E-state index in [2.05, 4.69) is 55.8 Å². The number of amides is 4. The van der Waals surface area contributed by atoms with E-state index in [1.807, 2.05) is 31.2 Å². The number of nitrogens with one attached hydrogen (secondary N) is 2. The van der Waals surface area contributed by atoms with Crippen LogP contribution in [0.1, 0.15) is 11.1 Å². The minimum Gasteiger partial charge on any atom is -0.495 e. The summed E-state index contributed by atoms with van der Waals surface area (Å²) in [4.78, 5) is 37.9. The molecule has 29 heavy (non-hydrogen) atoms. The SMILES string of the molecule is COc1c(I)cc(/C=C2/NC(=O)N(CC(=O)Nc3ccc(C)cc3)C2=O)cc1I. The quantitative estimate of drug-likeness (QED) is 0.304. The highest BCUT2D eigenvalue weighted by molar-refractivity contribution is 14.1. The van der Waals surface area contributed by atoms with Crippen molar-refractivity contribution in [3.63, 3.8) is 0 Å². The lowest BCUT2D eigenvalue weighted by molar-refractivity contribution is -0.127. The van der Waals surface area contributed by atoms with Gasteiger partial charge in [0.1, 0.15) is 18.0 Å². The van der Waals surface area contributed by atoms with Crippen LogP contribution in [0.25, 0.3) is 6.08 Å². The maximum Gasteiger partial charge on any atom is 0.329 e. The van der Waals surface area contributed by atoms with Gasteiger partial charge in [0.2, 0.25) is 5.91 Å². The number of rotatable bonds is 5. The number of urea groups is 1. The Balaban J connectivity index is 1.73. The number of carbonyl (C=O) groups excluding carboxylic acids is 3. The number of aryl methyl sites for hydroxylation is 1. The minimum absolute atomic E-state index is 0.120. The summed E-state index contributed by atoms with van der Waals surface area (Å²) in [6.07, 6.45) is 1.59. The molecule has 2 aromatic rings. The first-order chi connectivity index (χ1) is 13.8. The average molecular weight is 617 g/mol. The fraction of sp³-hybridized carbons (Fsp3) is 0.150. The summed E-state index contributed by atoms with van der Waals surface area (Å²) in [5, 5.41) is 5.21. The number of halogens is 2. The lowest BCUT2D eigenvalue weighted by atomic mass is 10.2. The van der Waals surface area contributed by atoms with Crippen LogP contribution >= 0.6 is 45.2 Å². The molecule has 2 aromatic carbocycles. The molecule has 9 heteroatoms. The third-order valence-electron chi connectivity index (χ3n) is 4.14. The molecule has 1 fully saturated rings. The molecule has 0 unspecified atom stereocenters. The normalized spacial score (nSPS) is 14.9. The van der Waals surface area contributed by atoms with Crippen molar-refractivity contribution in [1.29, 1.82) is 0 Å². The van der Waals surface area contributed by atoms with E-state index in [1.165, 1.54) is 0 Å². The van der Waals surface area contributed by atoms with Crippen LogP contribution in [0, 0.1) is 14.1 Å². The van der Waals surface area contributed by atoms with E-state index in [-0.39, 0.29) is 12.2 Å². The molecular weight excluding hydrogens is 600 g/mol. The van der Waals surface area contributed by atoms with Crippen molar-refractivity contribution in [2.24, 2.45) is 0 Å². The topological polar surface area (TPSA) is 87.7 Å². The number of carbonyl (C=O) groups is 3. The Morgan fingerprint density at radius 2 is 1.79 bits per heavy atom. The predicted octanol–water partition coefficient (Wildman–Crippen LogP) is 3.74. The van der Waals surface area contributed by atoms with E-state index >= 15 is 0 Å². The molecule has 150 valence electrons. The number of anilines is 1. The molecule has 1 heterocycles. The Bertz CT molecular complexity index is 996. The van der Waals surface area contributed by atoms with Crippen LogP contribution < -0.4 is 15.4 Å². The van der Waals surface area contributed by atoms with E-state index in [0.717, 1.165) is 28.9 Å². The lowest BCUT2D eigenvalue weighted by Crippen LogP contribution is -2.38. The van der Waals surface area contributed by atoms with Gasteiger partial charge in [0, 0.05) is 5.69 Å². The zero-order chi connectivity index (χ0) is 21.1. The van der Waals surface area contributed by atoms with Crippen molar-refractivity contribution < 1.29 is 19.1 Å². The maximum atomic E-state index is 12.6. The summed E-state index contributed by atoms with van der Waals surface area (Å²) < 4.78 is 7.10. The molecule has 7 nitrogen and oxygen atoms in total. The molecule has 4 amide bonds. The van der Waals surface area contributed by atoms with E-state index < -0.39 is 17.8 Å². The average Bonchev–Trinajstić information content (AvgIpc) is 2.91. The van der Waals surface area contributed by atoms with Gasteiger partial charge in [-0.05, 0) is 88.0 Å². The molecule has 3 rings (SSSR count). The monoisotopic (exact) mass is 617 g/mol. The van der Waals surface area contributed by atoms with Crippen molar-refractivity contribution in [3.05, 3.63) is 60.4 Å². The van der Waals surface area contributed by atoms with Crippen LogP contribution in [0.4, 0.5) is 10.5 Å². The van der Waals surface area contributed by atoms with Gasteiger partial charge in [0.25, 0.3) is 5.91 Å². The van der Waals surface area contributed by atoms with Crippen LogP contribution in [0.5, 0.6) is 5.75 Å². The van der Waals surface area contributed by atoms with Crippen molar-refractivity contribution in [2.45, 2.75) is 6.92 Å². The number of benzene rings is 2. The first-order valence-electron chi connectivity index (χ1n) is 8.52. The van der Waals surface area contributed by atoms with Crippen LogP contribution in [-0.4, -0.2) is 36.4 Å². The molecule has 1 aliphatic heterocycles. The highest BCUT2D eigenvalue weighted by Gasteiger charge is 2.35. The second-order valence-electron chi connectivity index (χ2n) is 6.31. The van der Waals surface area contributed by atoms with Gasteiger partial charge in [-0.3, -0.25) is 9.59 Å². The van der Waals surface area contributed by atoms with Crippen molar-refractivity contribution in [2.75, 3.05) is 19.0 Å². The Kier molecular flexibility index (Phi) is 6.77. The predicted molar refractivity (Wildman–Crippen MR) is 126 cm³/mol. The van der Waals surface area contributed by atoms with Crippen LogP contribution in [0.2, 0.25) is 0 Å². The highest BCUT2D eigenvalue weighted by atomic mass is 127. The Morgan fingerprint density at radius 3 is 2.38 bits per heavy atom. The molecule has 0 aromatic heterocycles. The Labute approximate surface area is 195 Å². The Morgan fingerprint density at radius 1 is 1.17 bits per heavy atom. The third-order valence-corrected chi connectivity index (χ3v) is 5.74. The van der Waals surface area contributed by atoms with Crippen molar-refractivity contribution in [1.82, 2.24) is 10.2 Å². The molecule has 1 saturated heterocycles. The molecular formula is C20H17I2N3O4. The lowest BCUT2D eigenvalue weighted by Gasteiger charge is -2.12. The summed E-state index contributed by atoms with van der Waals surface area (Å²) in [6, 6.07) is 10.3. The second-order valence-corrected chi connectivity index (χ2v) is 8.64. The van der Waals surface area contributed by atoms with Gasteiger partial charge in [-0.25, -0.2) is 9.69 Å². The number of hydrogen-bond acceptors (Lipinski definition) is 4. The fourth-order valence-electron chi connectivity index (χ4n) is 2.72. The zero-order valence-corrected chi connectivity index (χ0v) is 19.9. The second kappa shape index (κ2) is 9.11. The summed E-state index contributed by atoms with van der Waals surface area (Å²) in [7, 11) is 1.60. The first-order valence-corrected chi connectivity index (χ1v) is 10.7. The number of ether oxygens (including phenoxy) is 1. The summed E-state index contributed by atoms with van der Waals surface area (Å²) in [5.41, 5.74) is 2.53. The van der Waals surface area contributed by atoms with E-state index in [9.17, 15) is 14.4 Å². The van der Waals surface area contributed by atoms with E-state index in [1.54, 1.807) is 25.3 Å². The van der Waals surface area contributed by atoms with Gasteiger partial charge >= 0.3 is 6.03 Å². The molecule has 0 aliphatic carbocycles. The maximum absolute atomic E-state index is 12.6. The molecule has 0 saturated carbocycles. The first kappa shape index (κ1) is 21.6. The zero-order valence-electron chi connectivity index (χ0n) is 15.6. The van der Waals surface area contributed by atoms with Gasteiger partial charge in [-0.1, -0.05) is 17.7 Å². The third kappa shape index (κ3) is 5.07. The highest BCUT2D eigenvalue weighted by Crippen LogP contribution is 2.29. The standard InChI is InChI=1S/C20H17I2N3O4/c1-11-3-5-13(6-4-11)23-17(26)10-25-19(27)16(24-20(25)28)9-12-7-14(21)18(29-2)15(22)8-12/h3-9H,10H2,1-2H3,(H,23,26)(H,24,28)/b16-9+. The van der Waals surface area contributed by atoms with Gasteiger partial charge in [-0.2, -0.15) is 0 Å². The summed E-state index contributed by atoms with van der Waals surface area (Å²) in [6.45, 7) is 1.57. The summed E-state index contributed by atoms with van der Waals surface area (Å²) >= 11 is 4.29. The molecule has 1 aliphatic rings. The molecule has 0 radical (unpaired) electrons. The fourth-order valence-corrected chi connectivity index (χ4v) is 4.98. The molecule has 2 N–H and O–H groups in total. The van der Waals surface area contributed by atoms with Gasteiger partial charge in [0.05, 0.1) is 14.3 Å². The van der Waals surface area contributed by atoms with Gasteiger partial charge < -0.3 is 15.4 Å². The minimum atomic E-state index is -0.627. The summed E-state index contributed by atoms with van der Waals surface area (Å²) in [5.74, 6) is -0.244. The number of hydrogen-bond donors (Lipinski definition) is 2. The van der Waals surface area contributed by atoms with Crippen LogP contribution in [0.3, 0.4) is 0 Å². The smallest absolute Gasteiger partial charge is 0.329 e. The van der Waals surface area contributed by atoms with E-state index in [0.29, 0.717) is 5.69 Å². The number of imide groups is 1. The molecule has 0 spiro atoms. The van der Waals surface area contributed by atoms with Crippen LogP contribution in [-0.2, 0) is 9.59 Å². The Hall–Kier alpha value is -2.15. The molecule has 0 atom stereocenters. The van der Waals surface area contributed by atoms with Gasteiger partial charge in [0.15, 0.2) is 0 Å². The van der Waals surface area contributed by atoms with Crippen molar-refractivity contribution in [3.8, 4) is 5.75 Å². The largest absolute Gasteiger partial charge is 0.495 e. The van der Waals surface area contributed by atoms with Crippen LogP contribution in [0.15, 0.2) is 42.1 Å². The van der Waals surface area contributed by atoms with Crippen molar-refractivity contribution >= 4 is 74.8 Å². The number of methoxy groups -OCH3 is 1.